The second kappa shape index (κ2) is 8.75. The average molecular weight is 428 g/mol. The van der Waals surface area contributed by atoms with Crippen LogP contribution in [0.1, 0.15) is 22.0 Å². The van der Waals surface area contributed by atoms with Gasteiger partial charge in [-0.3, -0.25) is 9.52 Å². The third-order valence-corrected chi connectivity index (χ3v) is 5.44. The van der Waals surface area contributed by atoms with Crippen LogP contribution >= 0.6 is 0 Å². The van der Waals surface area contributed by atoms with E-state index in [1.54, 1.807) is 30.3 Å². The van der Waals surface area contributed by atoms with Crippen molar-refractivity contribution >= 4 is 27.6 Å². The zero-order valence-electron chi connectivity index (χ0n) is 15.5. The number of nitrogens with one attached hydrogen (secondary N) is 1. The first-order valence-electron chi connectivity index (χ1n) is 8.70. The lowest BCUT2D eigenvalue weighted by atomic mass is 10.1. The molecule has 0 fully saturated rings. The van der Waals surface area contributed by atoms with Gasteiger partial charge in [-0.25, -0.2) is 17.6 Å². The van der Waals surface area contributed by atoms with E-state index in [4.69, 9.17) is 10.5 Å². The molecule has 3 N–H and O–H groups in total. The first-order valence-corrected chi connectivity index (χ1v) is 10.2. The number of nitrogens with two attached hydrogens (primary N) is 1. The van der Waals surface area contributed by atoms with Gasteiger partial charge in [0.2, 0.25) is 6.10 Å². The zero-order valence-corrected chi connectivity index (χ0v) is 16.3. The van der Waals surface area contributed by atoms with Gasteiger partial charge in [-0.2, -0.15) is 0 Å². The quantitative estimate of drug-likeness (QED) is 0.561. The number of hydrogen-bond donors (Lipinski definition) is 2. The lowest BCUT2D eigenvalue weighted by molar-refractivity contribution is -0.127. The Morgan fingerprint density at radius 1 is 0.933 bits per heavy atom. The highest BCUT2D eigenvalue weighted by Crippen LogP contribution is 2.21. The monoisotopic (exact) mass is 428 g/mol. The SMILES string of the molecule is NC(=O)C(OC(=O)c1cccc(S(=O)(=O)Nc2ccc(F)cc2)c1)c1ccccc1. The smallest absolute Gasteiger partial charge is 0.339 e. The average Bonchev–Trinajstić information content (AvgIpc) is 2.74. The fourth-order valence-corrected chi connectivity index (χ4v) is 3.72. The van der Waals surface area contributed by atoms with E-state index in [2.05, 4.69) is 4.72 Å². The van der Waals surface area contributed by atoms with Gasteiger partial charge in [0.15, 0.2) is 0 Å². The molecule has 0 saturated heterocycles. The molecule has 0 aliphatic carbocycles. The Balaban J connectivity index is 1.82. The summed E-state index contributed by atoms with van der Waals surface area (Å²) >= 11 is 0. The standard InChI is InChI=1S/C21H17FN2O5S/c22-16-9-11-17(12-10-16)24-30(27,28)18-8-4-7-15(13-18)21(26)29-19(20(23)25)14-5-2-1-3-6-14/h1-13,19,24H,(H2,23,25). The summed E-state index contributed by atoms with van der Waals surface area (Å²) in [5, 5.41) is 0. The van der Waals surface area contributed by atoms with E-state index in [9.17, 15) is 22.4 Å². The van der Waals surface area contributed by atoms with Gasteiger partial charge in [0.05, 0.1) is 10.5 Å². The molecule has 7 nitrogen and oxygen atoms in total. The van der Waals surface area contributed by atoms with Crippen molar-refractivity contribution in [1.29, 1.82) is 0 Å². The van der Waals surface area contributed by atoms with E-state index < -0.39 is 33.8 Å². The minimum absolute atomic E-state index is 0.0841. The molecular formula is C21H17FN2O5S. The van der Waals surface area contributed by atoms with Gasteiger partial charge < -0.3 is 10.5 Å². The Morgan fingerprint density at radius 3 is 2.23 bits per heavy atom. The summed E-state index contributed by atoms with van der Waals surface area (Å²) in [7, 11) is -4.05. The van der Waals surface area contributed by atoms with Crippen molar-refractivity contribution in [2.45, 2.75) is 11.0 Å². The summed E-state index contributed by atoms with van der Waals surface area (Å²) in [6.45, 7) is 0. The Kier molecular flexibility index (Phi) is 6.12. The highest BCUT2D eigenvalue weighted by Gasteiger charge is 2.24. The summed E-state index contributed by atoms with van der Waals surface area (Å²) in [6.07, 6.45) is -1.32. The molecular weight excluding hydrogens is 411 g/mol. The van der Waals surface area contributed by atoms with E-state index in [1.807, 2.05) is 0 Å². The lowest BCUT2D eigenvalue weighted by Crippen LogP contribution is -2.26. The maximum Gasteiger partial charge on any atom is 0.339 e. The van der Waals surface area contributed by atoms with Crippen molar-refractivity contribution in [3.05, 3.63) is 95.8 Å². The van der Waals surface area contributed by atoms with E-state index >= 15 is 0 Å². The Hall–Kier alpha value is -3.72. The molecule has 3 aromatic carbocycles. The van der Waals surface area contributed by atoms with E-state index in [-0.39, 0.29) is 16.1 Å². The number of primary amides is 1. The van der Waals surface area contributed by atoms with Crippen molar-refractivity contribution in [2.75, 3.05) is 4.72 Å². The Morgan fingerprint density at radius 2 is 1.60 bits per heavy atom. The maximum atomic E-state index is 13.0. The van der Waals surface area contributed by atoms with Crippen LogP contribution in [0.15, 0.2) is 83.8 Å². The van der Waals surface area contributed by atoms with Crippen LogP contribution in [0.5, 0.6) is 0 Å². The third kappa shape index (κ3) is 5.00. The number of esters is 1. The third-order valence-electron chi connectivity index (χ3n) is 4.06. The second-order valence-electron chi connectivity index (χ2n) is 6.24. The predicted molar refractivity (Wildman–Crippen MR) is 107 cm³/mol. The van der Waals surface area contributed by atoms with E-state index in [0.717, 1.165) is 18.2 Å². The summed E-state index contributed by atoms with van der Waals surface area (Å²) in [5.41, 5.74) is 5.80. The van der Waals surface area contributed by atoms with E-state index in [0.29, 0.717) is 5.56 Å². The number of amides is 1. The highest BCUT2D eigenvalue weighted by atomic mass is 32.2. The molecule has 154 valence electrons. The zero-order chi connectivity index (χ0) is 21.7. The molecule has 3 aromatic rings. The van der Waals surface area contributed by atoms with Crippen LogP contribution in [0.25, 0.3) is 0 Å². The number of carbonyl (C=O) groups is 2. The van der Waals surface area contributed by atoms with Gasteiger partial charge in [0, 0.05) is 11.3 Å². The number of hydrogen-bond acceptors (Lipinski definition) is 5. The number of sulfonamides is 1. The van der Waals surface area contributed by atoms with Crippen LogP contribution in [0.3, 0.4) is 0 Å². The molecule has 9 heteroatoms. The summed E-state index contributed by atoms with van der Waals surface area (Å²) in [5.74, 6) is -2.29. The maximum absolute atomic E-state index is 13.0. The van der Waals surface area contributed by atoms with Crippen molar-refractivity contribution < 1.29 is 27.1 Å². The molecule has 1 amide bonds. The van der Waals surface area contributed by atoms with Crippen molar-refractivity contribution in [3.8, 4) is 0 Å². The molecule has 0 aliphatic rings. The second-order valence-corrected chi connectivity index (χ2v) is 7.92. The number of rotatable bonds is 7. The summed E-state index contributed by atoms with van der Waals surface area (Å²) in [6, 6.07) is 18.1. The molecule has 1 unspecified atom stereocenters. The number of halogens is 1. The van der Waals surface area contributed by atoms with Gasteiger partial charge in [-0.15, -0.1) is 0 Å². The number of ether oxygens (including phenoxy) is 1. The fraction of sp³-hybridized carbons (Fsp3) is 0.0476. The lowest BCUT2D eigenvalue weighted by Gasteiger charge is -2.15. The van der Waals surface area contributed by atoms with Crippen molar-refractivity contribution in [2.24, 2.45) is 5.73 Å². The first-order chi connectivity index (χ1) is 14.3. The van der Waals surface area contributed by atoms with Crippen LogP contribution in [0.4, 0.5) is 10.1 Å². The molecule has 0 bridgehead atoms. The Bertz CT molecular complexity index is 1170. The number of carbonyl (C=O) groups excluding carboxylic acids is 2. The largest absolute Gasteiger partial charge is 0.444 e. The number of anilines is 1. The predicted octanol–water partition coefficient (Wildman–Crippen LogP) is 3.01. The van der Waals surface area contributed by atoms with E-state index in [1.165, 1.54) is 30.3 Å². The van der Waals surface area contributed by atoms with Crippen LogP contribution in [0, 0.1) is 5.82 Å². The van der Waals surface area contributed by atoms with Crippen LogP contribution in [-0.2, 0) is 19.6 Å². The van der Waals surface area contributed by atoms with Gasteiger partial charge in [0.25, 0.3) is 15.9 Å². The summed E-state index contributed by atoms with van der Waals surface area (Å²) < 4.78 is 45.7. The molecule has 0 radical (unpaired) electrons. The Labute approximate surface area is 172 Å². The first kappa shape index (κ1) is 21.0. The van der Waals surface area contributed by atoms with Crippen LogP contribution in [0.2, 0.25) is 0 Å². The highest BCUT2D eigenvalue weighted by molar-refractivity contribution is 7.92. The van der Waals surface area contributed by atoms with Crippen LogP contribution < -0.4 is 10.5 Å². The molecule has 0 spiro atoms. The van der Waals surface area contributed by atoms with Gasteiger partial charge in [0.1, 0.15) is 5.82 Å². The minimum Gasteiger partial charge on any atom is -0.444 e. The topological polar surface area (TPSA) is 116 Å². The molecule has 1 atom stereocenters. The molecule has 0 saturated carbocycles. The van der Waals surface area contributed by atoms with Gasteiger partial charge in [-0.1, -0.05) is 36.4 Å². The minimum atomic E-state index is -4.05. The van der Waals surface area contributed by atoms with Crippen molar-refractivity contribution in [1.82, 2.24) is 0 Å². The fourth-order valence-electron chi connectivity index (χ4n) is 2.62. The molecule has 3 rings (SSSR count). The van der Waals surface area contributed by atoms with Gasteiger partial charge >= 0.3 is 5.97 Å². The van der Waals surface area contributed by atoms with Crippen LogP contribution in [-0.4, -0.2) is 20.3 Å². The number of benzene rings is 3. The molecule has 0 aromatic heterocycles. The summed E-state index contributed by atoms with van der Waals surface area (Å²) in [4.78, 5) is 24.0. The van der Waals surface area contributed by atoms with Crippen molar-refractivity contribution in [3.63, 3.8) is 0 Å². The normalized spacial score (nSPS) is 12.0. The molecule has 0 heterocycles. The molecule has 0 aliphatic heterocycles. The van der Waals surface area contributed by atoms with Gasteiger partial charge in [-0.05, 0) is 42.5 Å². The molecule has 30 heavy (non-hydrogen) atoms.